The van der Waals surface area contributed by atoms with Gasteiger partial charge in [0.15, 0.2) is 6.23 Å². The van der Waals surface area contributed by atoms with Crippen LogP contribution in [0.15, 0.2) is 36.5 Å². The van der Waals surface area contributed by atoms with Crippen LogP contribution in [0.25, 0.3) is 10.9 Å². The third kappa shape index (κ3) is 3.97. The lowest BCUT2D eigenvalue weighted by molar-refractivity contribution is -0.250. The van der Waals surface area contributed by atoms with Crippen LogP contribution in [0.4, 0.5) is 4.39 Å². The van der Waals surface area contributed by atoms with Crippen molar-refractivity contribution in [2.75, 3.05) is 13.7 Å². The molecule has 0 radical (unpaired) electrons. The van der Waals surface area contributed by atoms with E-state index in [1.54, 1.807) is 30.5 Å². The largest absolute Gasteiger partial charge is 0.497 e. The molecule has 1 aliphatic heterocycles. The minimum Gasteiger partial charge on any atom is -0.497 e. The number of aromatic nitrogens is 1. The van der Waals surface area contributed by atoms with E-state index in [1.807, 2.05) is 0 Å². The second kappa shape index (κ2) is 9.15. The van der Waals surface area contributed by atoms with Gasteiger partial charge in [-0.15, -0.1) is 0 Å². The van der Waals surface area contributed by atoms with Gasteiger partial charge in [-0.25, -0.2) is 4.39 Å². The molecule has 0 bridgehead atoms. The maximum atomic E-state index is 14.6. The Morgan fingerprint density at radius 1 is 1.03 bits per heavy atom. The number of aliphatic hydroxyl groups is 4. The molecule has 0 saturated carbocycles. The summed E-state index contributed by atoms with van der Waals surface area (Å²) in [7, 11) is 1.45. The van der Waals surface area contributed by atoms with Crippen molar-refractivity contribution >= 4 is 34.1 Å². The van der Waals surface area contributed by atoms with Crippen LogP contribution in [0, 0.1) is 5.82 Å². The van der Waals surface area contributed by atoms with Crippen LogP contribution >= 0.6 is 23.2 Å². The zero-order chi connectivity index (χ0) is 23.2. The van der Waals surface area contributed by atoms with Crippen molar-refractivity contribution in [1.82, 2.24) is 4.57 Å². The van der Waals surface area contributed by atoms with Gasteiger partial charge in [-0.2, -0.15) is 0 Å². The predicted molar refractivity (Wildman–Crippen MR) is 117 cm³/mol. The molecule has 172 valence electrons. The average molecular weight is 486 g/mol. The van der Waals surface area contributed by atoms with Crippen LogP contribution in [0.1, 0.15) is 17.4 Å². The fourth-order valence-corrected chi connectivity index (χ4v) is 4.58. The van der Waals surface area contributed by atoms with Crippen molar-refractivity contribution in [3.05, 3.63) is 63.5 Å². The van der Waals surface area contributed by atoms with Crippen LogP contribution < -0.4 is 4.74 Å². The molecule has 0 amide bonds. The van der Waals surface area contributed by atoms with E-state index in [0.717, 1.165) is 0 Å². The molecule has 10 heteroatoms. The van der Waals surface area contributed by atoms with Gasteiger partial charge in [0.2, 0.25) is 0 Å². The Balaban J connectivity index is 1.84. The van der Waals surface area contributed by atoms with Gasteiger partial charge in [0.05, 0.1) is 29.3 Å². The Morgan fingerprint density at radius 3 is 2.41 bits per heavy atom. The predicted octanol–water partition coefficient (Wildman–Crippen LogP) is 2.66. The van der Waals surface area contributed by atoms with Gasteiger partial charge in [0.25, 0.3) is 0 Å². The van der Waals surface area contributed by atoms with Crippen LogP contribution in [0.3, 0.4) is 0 Å². The molecule has 0 unspecified atom stereocenters. The topological polar surface area (TPSA) is 104 Å². The molecule has 1 saturated heterocycles. The Morgan fingerprint density at radius 2 is 1.75 bits per heavy atom. The maximum absolute atomic E-state index is 14.6. The van der Waals surface area contributed by atoms with Crippen molar-refractivity contribution in [3.63, 3.8) is 0 Å². The Hall–Kier alpha value is -1.91. The van der Waals surface area contributed by atoms with Crippen LogP contribution in [-0.4, -0.2) is 63.1 Å². The lowest BCUT2D eigenvalue weighted by Crippen LogP contribution is -2.56. The van der Waals surface area contributed by atoms with E-state index in [1.165, 1.54) is 17.7 Å². The summed E-state index contributed by atoms with van der Waals surface area (Å²) in [5.41, 5.74) is 1.40. The van der Waals surface area contributed by atoms with Crippen molar-refractivity contribution in [3.8, 4) is 5.75 Å². The average Bonchev–Trinajstić information content (AvgIpc) is 3.16. The monoisotopic (exact) mass is 485 g/mol. The molecule has 4 N–H and O–H groups in total. The van der Waals surface area contributed by atoms with Gasteiger partial charge >= 0.3 is 0 Å². The molecular weight excluding hydrogens is 464 g/mol. The first kappa shape index (κ1) is 23.3. The summed E-state index contributed by atoms with van der Waals surface area (Å²) >= 11 is 12.9. The van der Waals surface area contributed by atoms with Crippen molar-refractivity contribution in [2.24, 2.45) is 0 Å². The Kier molecular flexibility index (Phi) is 6.65. The zero-order valence-corrected chi connectivity index (χ0v) is 18.5. The quantitative estimate of drug-likeness (QED) is 0.442. The van der Waals surface area contributed by atoms with Gasteiger partial charge < -0.3 is 34.5 Å². The summed E-state index contributed by atoms with van der Waals surface area (Å²) in [6.45, 7) is -0.570. The van der Waals surface area contributed by atoms with Crippen molar-refractivity contribution in [2.45, 2.75) is 37.1 Å². The molecule has 3 aromatic rings. The number of benzene rings is 2. The number of halogens is 3. The molecule has 5 atom stereocenters. The van der Waals surface area contributed by atoms with E-state index < -0.39 is 43.1 Å². The highest BCUT2D eigenvalue weighted by molar-refractivity contribution is 6.40. The number of rotatable bonds is 5. The highest BCUT2D eigenvalue weighted by atomic mass is 35.5. The normalized spacial score (nSPS) is 25.9. The molecule has 1 fully saturated rings. The molecule has 1 aromatic heterocycles. The third-order valence-corrected chi connectivity index (χ3v) is 6.35. The fraction of sp³-hybridized carbons (Fsp3) is 0.364. The summed E-state index contributed by atoms with van der Waals surface area (Å²) in [6.07, 6.45) is -5.11. The molecule has 7 nitrogen and oxygen atoms in total. The smallest absolute Gasteiger partial charge is 0.163 e. The Bertz CT molecular complexity index is 1140. The van der Waals surface area contributed by atoms with E-state index in [-0.39, 0.29) is 6.42 Å². The Labute approximate surface area is 193 Å². The summed E-state index contributed by atoms with van der Waals surface area (Å²) in [4.78, 5) is 0. The van der Waals surface area contributed by atoms with Gasteiger partial charge in [0, 0.05) is 24.1 Å². The fourth-order valence-electron chi connectivity index (χ4n) is 4.05. The summed E-state index contributed by atoms with van der Waals surface area (Å²) in [6, 6.07) is 7.70. The van der Waals surface area contributed by atoms with E-state index in [4.69, 9.17) is 32.7 Å². The van der Waals surface area contributed by atoms with E-state index in [9.17, 15) is 24.8 Å². The van der Waals surface area contributed by atoms with E-state index >= 15 is 0 Å². The number of aliphatic hydroxyl groups excluding tert-OH is 4. The minimum absolute atomic E-state index is 0.150. The molecule has 0 spiro atoms. The highest BCUT2D eigenvalue weighted by Gasteiger charge is 2.44. The number of hydrogen-bond acceptors (Lipinski definition) is 6. The molecular formula is C22H22Cl2FNO6. The highest BCUT2D eigenvalue weighted by Crippen LogP contribution is 2.40. The number of hydrogen-bond donors (Lipinski definition) is 4. The second-order valence-electron chi connectivity index (χ2n) is 7.67. The van der Waals surface area contributed by atoms with Crippen molar-refractivity contribution < 1.29 is 34.3 Å². The SMILES string of the molecule is COc1ccc(Cc2cn([C@@H]3O[C@H](CO)[C@@H](O)[C@H](O)[C@H]3O)c3c(Cl)ccc(Cl)c23)c(F)c1. The first-order chi connectivity index (χ1) is 15.3. The number of fused-ring (bicyclic) bond motifs is 1. The molecule has 0 aliphatic carbocycles. The number of methoxy groups -OCH3 is 1. The zero-order valence-electron chi connectivity index (χ0n) is 17.0. The molecule has 4 rings (SSSR count). The van der Waals surface area contributed by atoms with Crippen LogP contribution in [0.5, 0.6) is 5.75 Å². The molecule has 32 heavy (non-hydrogen) atoms. The maximum Gasteiger partial charge on any atom is 0.163 e. The van der Waals surface area contributed by atoms with E-state index in [2.05, 4.69) is 0 Å². The molecule has 2 aromatic carbocycles. The van der Waals surface area contributed by atoms with Crippen LogP contribution in [-0.2, 0) is 11.2 Å². The summed E-state index contributed by atoms with van der Waals surface area (Å²) < 4.78 is 26.9. The molecule has 2 heterocycles. The second-order valence-corrected chi connectivity index (χ2v) is 8.48. The first-order valence-electron chi connectivity index (χ1n) is 9.87. The van der Waals surface area contributed by atoms with Gasteiger partial charge in [-0.05, 0) is 29.3 Å². The van der Waals surface area contributed by atoms with Crippen LogP contribution in [0.2, 0.25) is 10.0 Å². The number of ether oxygens (including phenoxy) is 2. The standard InChI is InChI=1S/C22H22Cl2FNO6/c1-31-12-3-2-10(15(25)7-12)6-11-8-26(18-14(24)5-4-13(23)17(11)18)22-21(30)20(29)19(28)16(9-27)32-22/h2-5,7-8,16,19-22,27-30H,6,9H2,1H3/t16-,19-,20+,21-,22-/m1/s1. The lowest BCUT2D eigenvalue weighted by Gasteiger charge is -2.40. The summed E-state index contributed by atoms with van der Waals surface area (Å²) in [5, 5.41) is 41.7. The number of nitrogens with zero attached hydrogens (tertiary/aromatic N) is 1. The minimum atomic E-state index is -1.57. The molecule has 1 aliphatic rings. The third-order valence-electron chi connectivity index (χ3n) is 5.73. The van der Waals surface area contributed by atoms with E-state index in [0.29, 0.717) is 37.8 Å². The van der Waals surface area contributed by atoms with Gasteiger partial charge in [-0.1, -0.05) is 29.3 Å². The first-order valence-corrected chi connectivity index (χ1v) is 10.6. The van der Waals surface area contributed by atoms with Crippen molar-refractivity contribution in [1.29, 1.82) is 0 Å². The van der Waals surface area contributed by atoms with Gasteiger partial charge in [-0.3, -0.25) is 0 Å². The summed E-state index contributed by atoms with van der Waals surface area (Å²) in [5.74, 6) is -0.0766. The van der Waals surface area contributed by atoms with Gasteiger partial charge in [0.1, 0.15) is 36.0 Å². The lowest BCUT2D eigenvalue weighted by atomic mass is 9.98.